The van der Waals surface area contributed by atoms with Gasteiger partial charge in [0.05, 0.1) is 22.4 Å². The highest BCUT2D eigenvalue weighted by Crippen LogP contribution is 2.16. The second-order valence-electron chi connectivity index (χ2n) is 6.41. The third-order valence-electron chi connectivity index (χ3n) is 4.64. The number of nitrogens with zero attached hydrogens (tertiary/aromatic N) is 6. The maximum absolute atomic E-state index is 4.83. The minimum Gasteiger partial charge on any atom is -0.339 e. The van der Waals surface area contributed by atoms with Crippen molar-refractivity contribution >= 4 is 17.0 Å². The molecule has 3 heterocycles. The maximum Gasteiger partial charge on any atom is 0.225 e. The largest absolute Gasteiger partial charge is 0.339 e. The summed E-state index contributed by atoms with van der Waals surface area (Å²) in [4.78, 5) is 23.0. The first-order valence-corrected chi connectivity index (χ1v) is 8.76. The molecule has 6 heteroatoms. The van der Waals surface area contributed by atoms with E-state index in [1.807, 2.05) is 30.3 Å². The van der Waals surface area contributed by atoms with Gasteiger partial charge in [0, 0.05) is 45.1 Å². The quantitative estimate of drug-likeness (QED) is 0.733. The summed E-state index contributed by atoms with van der Waals surface area (Å²) >= 11 is 0. The Bertz CT molecular complexity index is 851. The van der Waals surface area contributed by atoms with Gasteiger partial charge in [-0.15, -0.1) is 0 Å². The van der Waals surface area contributed by atoms with Gasteiger partial charge in [0.25, 0.3) is 0 Å². The van der Waals surface area contributed by atoms with Crippen LogP contribution in [0.15, 0.2) is 42.7 Å². The van der Waals surface area contributed by atoms with Crippen LogP contribution in [0.5, 0.6) is 0 Å². The predicted octanol–water partition coefficient (Wildman–Crippen LogP) is 2.44. The van der Waals surface area contributed by atoms with E-state index in [1.54, 1.807) is 12.4 Å². The van der Waals surface area contributed by atoms with Crippen LogP contribution in [-0.2, 0) is 6.54 Å². The molecule has 1 saturated heterocycles. The van der Waals surface area contributed by atoms with E-state index >= 15 is 0 Å². The SMILES string of the molecule is Cc1nc2ccccc2nc1CN1CCCN(c2ncccn2)CC1. The summed E-state index contributed by atoms with van der Waals surface area (Å²) in [5.41, 5.74) is 4.03. The molecule has 128 valence electrons. The van der Waals surface area contributed by atoms with Crippen molar-refractivity contribution in [3.63, 3.8) is 0 Å². The normalized spacial score (nSPS) is 16.1. The molecule has 1 fully saturated rings. The molecule has 0 saturated carbocycles. The minimum absolute atomic E-state index is 0.825. The number of rotatable bonds is 3. The minimum atomic E-state index is 0.825. The average Bonchev–Trinajstić information content (AvgIpc) is 2.89. The van der Waals surface area contributed by atoms with E-state index in [0.717, 1.165) is 67.5 Å². The molecule has 0 bridgehead atoms. The molecule has 25 heavy (non-hydrogen) atoms. The van der Waals surface area contributed by atoms with E-state index in [0.29, 0.717) is 0 Å². The molecule has 3 aromatic rings. The number of anilines is 1. The Morgan fingerprint density at radius 3 is 2.44 bits per heavy atom. The van der Waals surface area contributed by atoms with Gasteiger partial charge < -0.3 is 4.90 Å². The van der Waals surface area contributed by atoms with Gasteiger partial charge in [-0.05, 0) is 31.5 Å². The molecule has 0 amide bonds. The summed E-state index contributed by atoms with van der Waals surface area (Å²) in [6, 6.07) is 9.92. The van der Waals surface area contributed by atoms with Crippen molar-refractivity contribution in [1.29, 1.82) is 0 Å². The molecule has 0 N–H and O–H groups in total. The number of hydrogen-bond acceptors (Lipinski definition) is 6. The molecule has 0 atom stereocenters. The van der Waals surface area contributed by atoms with E-state index in [1.165, 1.54) is 0 Å². The lowest BCUT2D eigenvalue weighted by Gasteiger charge is -2.22. The van der Waals surface area contributed by atoms with Gasteiger partial charge in [-0.3, -0.25) is 4.90 Å². The highest BCUT2D eigenvalue weighted by Gasteiger charge is 2.18. The van der Waals surface area contributed by atoms with Crippen molar-refractivity contribution in [3.05, 3.63) is 54.1 Å². The first kappa shape index (κ1) is 15.9. The monoisotopic (exact) mass is 334 g/mol. The van der Waals surface area contributed by atoms with E-state index in [-0.39, 0.29) is 0 Å². The van der Waals surface area contributed by atoms with Crippen LogP contribution in [0.2, 0.25) is 0 Å². The Kier molecular flexibility index (Phi) is 4.52. The Labute approximate surface area is 147 Å². The average molecular weight is 334 g/mol. The van der Waals surface area contributed by atoms with E-state index in [4.69, 9.17) is 9.97 Å². The van der Waals surface area contributed by atoms with Gasteiger partial charge >= 0.3 is 0 Å². The summed E-state index contributed by atoms with van der Waals surface area (Å²) in [6.45, 7) is 6.85. The Morgan fingerprint density at radius 1 is 0.880 bits per heavy atom. The molecular formula is C19H22N6. The molecule has 1 aromatic carbocycles. The van der Waals surface area contributed by atoms with Crippen LogP contribution in [0.25, 0.3) is 11.0 Å². The molecule has 1 aliphatic rings. The summed E-state index contributed by atoms with van der Waals surface area (Å²) < 4.78 is 0. The number of fused-ring (bicyclic) bond motifs is 1. The predicted molar refractivity (Wildman–Crippen MR) is 98.4 cm³/mol. The second kappa shape index (κ2) is 7.11. The summed E-state index contributed by atoms with van der Waals surface area (Å²) in [5.74, 6) is 0.825. The van der Waals surface area contributed by atoms with Gasteiger partial charge in [-0.1, -0.05) is 12.1 Å². The van der Waals surface area contributed by atoms with Crippen LogP contribution in [0.3, 0.4) is 0 Å². The van der Waals surface area contributed by atoms with Crippen LogP contribution in [-0.4, -0.2) is 51.0 Å². The molecule has 2 aromatic heterocycles. The lowest BCUT2D eigenvalue weighted by Crippen LogP contribution is -2.31. The van der Waals surface area contributed by atoms with Crippen molar-refractivity contribution in [2.24, 2.45) is 0 Å². The first-order valence-electron chi connectivity index (χ1n) is 8.76. The molecule has 1 aliphatic heterocycles. The van der Waals surface area contributed by atoms with Gasteiger partial charge in [-0.2, -0.15) is 0 Å². The third-order valence-corrected chi connectivity index (χ3v) is 4.64. The van der Waals surface area contributed by atoms with Gasteiger partial charge in [0.15, 0.2) is 0 Å². The topological polar surface area (TPSA) is 58.0 Å². The van der Waals surface area contributed by atoms with Crippen molar-refractivity contribution in [2.75, 3.05) is 31.1 Å². The molecule has 0 unspecified atom stereocenters. The smallest absolute Gasteiger partial charge is 0.225 e. The Balaban J connectivity index is 1.47. The van der Waals surface area contributed by atoms with Crippen LogP contribution in [0.1, 0.15) is 17.8 Å². The number of aryl methyl sites for hydroxylation is 1. The van der Waals surface area contributed by atoms with Gasteiger partial charge in [0.2, 0.25) is 5.95 Å². The molecule has 6 nitrogen and oxygen atoms in total. The fraction of sp³-hybridized carbons (Fsp3) is 0.368. The summed E-state index contributed by atoms with van der Waals surface area (Å²) in [6.07, 6.45) is 4.70. The molecular weight excluding hydrogens is 312 g/mol. The zero-order chi connectivity index (χ0) is 17.1. The highest BCUT2D eigenvalue weighted by molar-refractivity contribution is 5.74. The Hall–Kier alpha value is -2.60. The van der Waals surface area contributed by atoms with E-state index in [2.05, 4.69) is 26.7 Å². The number of aromatic nitrogens is 4. The van der Waals surface area contributed by atoms with Crippen molar-refractivity contribution in [1.82, 2.24) is 24.8 Å². The number of para-hydroxylation sites is 2. The second-order valence-corrected chi connectivity index (χ2v) is 6.41. The van der Waals surface area contributed by atoms with E-state index in [9.17, 15) is 0 Å². The highest BCUT2D eigenvalue weighted by atomic mass is 15.3. The lowest BCUT2D eigenvalue weighted by atomic mass is 10.2. The van der Waals surface area contributed by atoms with Gasteiger partial charge in [-0.25, -0.2) is 19.9 Å². The van der Waals surface area contributed by atoms with Crippen molar-refractivity contribution in [2.45, 2.75) is 19.9 Å². The zero-order valence-corrected chi connectivity index (χ0v) is 14.5. The third kappa shape index (κ3) is 3.58. The van der Waals surface area contributed by atoms with Crippen LogP contribution < -0.4 is 4.90 Å². The van der Waals surface area contributed by atoms with E-state index < -0.39 is 0 Å². The number of hydrogen-bond donors (Lipinski definition) is 0. The van der Waals surface area contributed by atoms with Crippen LogP contribution in [0, 0.1) is 6.92 Å². The van der Waals surface area contributed by atoms with Crippen molar-refractivity contribution in [3.8, 4) is 0 Å². The number of benzene rings is 1. The first-order chi connectivity index (χ1) is 12.3. The van der Waals surface area contributed by atoms with Crippen LogP contribution in [0.4, 0.5) is 5.95 Å². The van der Waals surface area contributed by atoms with Gasteiger partial charge in [0.1, 0.15) is 0 Å². The van der Waals surface area contributed by atoms with Crippen LogP contribution >= 0.6 is 0 Å². The fourth-order valence-corrected chi connectivity index (χ4v) is 3.27. The molecule has 0 radical (unpaired) electrons. The molecule has 4 rings (SSSR count). The summed E-state index contributed by atoms with van der Waals surface area (Å²) in [7, 11) is 0. The molecule has 0 aliphatic carbocycles. The zero-order valence-electron chi connectivity index (χ0n) is 14.5. The summed E-state index contributed by atoms with van der Waals surface area (Å²) in [5, 5.41) is 0. The standard InChI is InChI=1S/C19H22N6/c1-15-18(23-17-7-3-2-6-16(17)22-15)14-24-10-5-11-25(13-12-24)19-20-8-4-9-21-19/h2-4,6-9H,5,10-14H2,1H3. The lowest BCUT2D eigenvalue weighted by molar-refractivity contribution is 0.281. The molecule has 0 spiro atoms. The van der Waals surface area contributed by atoms with Crippen molar-refractivity contribution < 1.29 is 0 Å². The Morgan fingerprint density at radius 2 is 1.64 bits per heavy atom. The maximum atomic E-state index is 4.83. The fourth-order valence-electron chi connectivity index (χ4n) is 3.27.